The lowest BCUT2D eigenvalue weighted by atomic mass is 10.1. The molecule has 0 fully saturated rings. The second-order valence-electron chi connectivity index (χ2n) is 4.50. The first-order chi connectivity index (χ1) is 9.50. The number of carboxylic acid groups (broad SMARTS) is 1. The first-order valence-electron chi connectivity index (χ1n) is 6.07. The van der Waals surface area contributed by atoms with Gasteiger partial charge in [0.2, 0.25) is 0 Å². The number of carbonyl (C=O) groups is 1. The Kier molecular flexibility index (Phi) is 3.89. The van der Waals surface area contributed by atoms with Crippen molar-refractivity contribution in [3.63, 3.8) is 0 Å². The zero-order valence-corrected chi connectivity index (χ0v) is 11.0. The standard InChI is InChI=1S/C15H15FN2O2/c1-18(9-10-5-3-2-4-6-10)12-8-7-11(16)14(17)13(12)15(19)20/h2-8H,9,17H2,1H3,(H,19,20). The van der Waals surface area contributed by atoms with Crippen molar-refractivity contribution in [2.75, 3.05) is 17.7 Å². The summed E-state index contributed by atoms with van der Waals surface area (Å²) in [5, 5.41) is 9.21. The van der Waals surface area contributed by atoms with Crippen molar-refractivity contribution in [2.24, 2.45) is 0 Å². The number of aromatic carboxylic acids is 1. The molecule has 5 heteroatoms. The first-order valence-corrected chi connectivity index (χ1v) is 6.07. The summed E-state index contributed by atoms with van der Waals surface area (Å²) in [5.41, 5.74) is 6.40. The lowest BCUT2D eigenvalue weighted by Crippen LogP contribution is -2.20. The summed E-state index contributed by atoms with van der Waals surface area (Å²) in [6.07, 6.45) is 0. The van der Waals surface area contributed by atoms with Crippen LogP contribution < -0.4 is 10.6 Å². The van der Waals surface area contributed by atoms with E-state index in [9.17, 15) is 14.3 Å². The summed E-state index contributed by atoms with van der Waals surface area (Å²) in [6, 6.07) is 12.2. The molecule has 0 spiro atoms. The summed E-state index contributed by atoms with van der Waals surface area (Å²) in [4.78, 5) is 13.0. The molecule has 0 atom stereocenters. The van der Waals surface area contributed by atoms with E-state index in [-0.39, 0.29) is 11.3 Å². The predicted molar refractivity (Wildman–Crippen MR) is 76.3 cm³/mol. The Labute approximate surface area is 116 Å². The molecule has 2 rings (SSSR count). The smallest absolute Gasteiger partial charge is 0.340 e. The Morgan fingerprint density at radius 3 is 2.50 bits per heavy atom. The number of halogens is 1. The van der Waals surface area contributed by atoms with Crippen LogP contribution in [-0.2, 0) is 6.54 Å². The van der Waals surface area contributed by atoms with Crippen LogP contribution in [0.15, 0.2) is 42.5 Å². The fourth-order valence-electron chi connectivity index (χ4n) is 2.07. The van der Waals surface area contributed by atoms with E-state index in [2.05, 4.69) is 0 Å². The largest absolute Gasteiger partial charge is 0.478 e. The van der Waals surface area contributed by atoms with Crippen molar-refractivity contribution < 1.29 is 14.3 Å². The van der Waals surface area contributed by atoms with Crippen molar-refractivity contribution in [1.82, 2.24) is 0 Å². The van der Waals surface area contributed by atoms with Crippen LogP contribution in [0.4, 0.5) is 15.8 Å². The van der Waals surface area contributed by atoms with E-state index in [0.29, 0.717) is 12.2 Å². The average molecular weight is 274 g/mol. The highest BCUT2D eigenvalue weighted by atomic mass is 19.1. The molecule has 0 aliphatic heterocycles. The number of benzene rings is 2. The molecule has 104 valence electrons. The van der Waals surface area contributed by atoms with Gasteiger partial charge in [0.15, 0.2) is 0 Å². The molecular weight excluding hydrogens is 259 g/mol. The van der Waals surface area contributed by atoms with E-state index in [4.69, 9.17) is 5.73 Å². The van der Waals surface area contributed by atoms with Crippen LogP contribution >= 0.6 is 0 Å². The van der Waals surface area contributed by atoms with Gasteiger partial charge in [-0.05, 0) is 17.7 Å². The van der Waals surface area contributed by atoms with Gasteiger partial charge in [-0.15, -0.1) is 0 Å². The normalized spacial score (nSPS) is 10.3. The monoisotopic (exact) mass is 274 g/mol. The van der Waals surface area contributed by atoms with Crippen molar-refractivity contribution in [1.29, 1.82) is 0 Å². The molecule has 3 N–H and O–H groups in total. The Morgan fingerprint density at radius 2 is 1.90 bits per heavy atom. The average Bonchev–Trinajstić information content (AvgIpc) is 2.42. The van der Waals surface area contributed by atoms with Crippen LogP contribution in [0.3, 0.4) is 0 Å². The van der Waals surface area contributed by atoms with Gasteiger partial charge in [0, 0.05) is 13.6 Å². The van der Waals surface area contributed by atoms with E-state index in [0.717, 1.165) is 5.56 Å². The third-order valence-electron chi connectivity index (χ3n) is 3.06. The number of nitrogen functional groups attached to an aromatic ring is 1. The van der Waals surface area contributed by atoms with Gasteiger partial charge in [0.1, 0.15) is 11.4 Å². The molecule has 0 aliphatic rings. The third-order valence-corrected chi connectivity index (χ3v) is 3.06. The molecule has 4 nitrogen and oxygen atoms in total. The molecule has 0 aliphatic carbocycles. The molecule has 0 bridgehead atoms. The van der Waals surface area contributed by atoms with Crippen molar-refractivity contribution in [3.8, 4) is 0 Å². The molecule has 0 heterocycles. The van der Waals surface area contributed by atoms with Gasteiger partial charge in [-0.2, -0.15) is 0 Å². The molecule has 0 aromatic heterocycles. The van der Waals surface area contributed by atoms with Gasteiger partial charge in [-0.1, -0.05) is 30.3 Å². The summed E-state index contributed by atoms with van der Waals surface area (Å²) >= 11 is 0. The fraction of sp³-hybridized carbons (Fsp3) is 0.133. The van der Waals surface area contributed by atoms with E-state index in [1.807, 2.05) is 30.3 Å². The fourth-order valence-corrected chi connectivity index (χ4v) is 2.07. The Balaban J connectivity index is 2.37. The lowest BCUT2D eigenvalue weighted by Gasteiger charge is -2.22. The lowest BCUT2D eigenvalue weighted by molar-refractivity contribution is 0.0698. The molecule has 2 aromatic carbocycles. The molecule has 0 radical (unpaired) electrons. The second-order valence-corrected chi connectivity index (χ2v) is 4.50. The molecule has 0 saturated carbocycles. The van der Waals surface area contributed by atoms with Crippen LogP contribution in [0.25, 0.3) is 0 Å². The molecule has 0 saturated heterocycles. The van der Waals surface area contributed by atoms with Gasteiger partial charge in [-0.3, -0.25) is 0 Å². The highest BCUT2D eigenvalue weighted by molar-refractivity contribution is 6.00. The van der Waals surface area contributed by atoms with Gasteiger partial charge in [0.05, 0.1) is 11.4 Å². The third kappa shape index (κ3) is 2.71. The molecule has 0 unspecified atom stereocenters. The quantitative estimate of drug-likeness (QED) is 0.841. The number of hydrogen-bond donors (Lipinski definition) is 2. The van der Waals surface area contributed by atoms with Crippen LogP contribution in [0.2, 0.25) is 0 Å². The predicted octanol–water partition coefficient (Wildman–Crippen LogP) is 2.74. The number of carboxylic acids is 1. The highest BCUT2D eigenvalue weighted by Crippen LogP contribution is 2.28. The maximum atomic E-state index is 13.4. The SMILES string of the molecule is CN(Cc1ccccc1)c1ccc(F)c(N)c1C(=O)O. The minimum absolute atomic E-state index is 0.205. The van der Waals surface area contributed by atoms with Crippen LogP contribution in [0.5, 0.6) is 0 Å². The first kappa shape index (κ1) is 13.9. The molecule has 0 amide bonds. The van der Waals surface area contributed by atoms with E-state index < -0.39 is 11.8 Å². The number of rotatable bonds is 4. The Morgan fingerprint density at radius 1 is 1.25 bits per heavy atom. The van der Waals surface area contributed by atoms with Gasteiger partial charge < -0.3 is 15.7 Å². The molecular formula is C15H15FN2O2. The molecule has 2 aromatic rings. The van der Waals surface area contributed by atoms with Gasteiger partial charge in [0.25, 0.3) is 0 Å². The summed E-state index contributed by atoms with van der Waals surface area (Å²) in [6.45, 7) is 0.506. The Bertz CT molecular complexity index is 629. The number of hydrogen-bond acceptors (Lipinski definition) is 3. The maximum Gasteiger partial charge on any atom is 0.340 e. The van der Waals surface area contributed by atoms with Gasteiger partial charge >= 0.3 is 5.97 Å². The topological polar surface area (TPSA) is 66.6 Å². The maximum absolute atomic E-state index is 13.4. The number of anilines is 2. The summed E-state index contributed by atoms with van der Waals surface area (Å²) < 4.78 is 13.4. The zero-order valence-electron chi connectivity index (χ0n) is 11.0. The van der Waals surface area contributed by atoms with Crippen molar-refractivity contribution in [3.05, 3.63) is 59.4 Å². The Hall–Kier alpha value is -2.56. The number of nitrogens with zero attached hydrogens (tertiary/aromatic N) is 1. The van der Waals surface area contributed by atoms with E-state index in [1.54, 1.807) is 11.9 Å². The van der Waals surface area contributed by atoms with E-state index >= 15 is 0 Å². The van der Waals surface area contributed by atoms with Crippen LogP contribution in [0, 0.1) is 5.82 Å². The van der Waals surface area contributed by atoms with Crippen LogP contribution in [0.1, 0.15) is 15.9 Å². The highest BCUT2D eigenvalue weighted by Gasteiger charge is 2.19. The summed E-state index contributed by atoms with van der Waals surface area (Å²) in [5.74, 6) is -1.96. The van der Waals surface area contributed by atoms with Gasteiger partial charge in [-0.25, -0.2) is 9.18 Å². The molecule has 20 heavy (non-hydrogen) atoms. The zero-order chi connectivity index (χ0) is 14.7. The van der Waals surface area contributed by atoms with E-state index in [1.165, 1.54) is 12.1 Å². The van der Waals surface area contributed by atoms with Crippen LogP contribution in [-0.4, -0.2) is 18.1 Å². The van der Waals surface area contributed by atoms with Crippen molar-refractivity contribution >= 4 is 17.3 Å². The minimum Gasteiger partial charge on any atom is -0.478 e. The second kappa shape index (κ2) is 5.61. The van der Waals surface area contributed by atoms with Crippen molar-refractivity contribution in [2.45, 2.75) is 6.54 Å². The number of nitrogens with two attached hydrogens (primary N) is 1. The summed E-state index contributed by atoms with van der Waals surface area (Å²) in [7, 11) is 1.74. The minimum atomic E-state index is -1.24.